The first-order chi connectivity index (χ1) is 9.02. The zero-order valence-electron chi connectivity index (χ0n) is 11.3. The molecular weight excluding hydrogens is 242 g/mol. The van der Waals surface area contributed by atoms with Crippen LogP contribution in [0.4, 0.5) is 5.69 Å². The summed E-state index contributed by atoms with van der Waals surface area (Å²) < 4.78 is 0. The molecule has 0 heterocycles. The third kappa shape index (κ3) is 5.38. The number of carboxylic acid groups (broad SMARTS) is 1. The van der Waals surface area contributed by atoms with E-state index in [1.165, 1.54) is 0 Å². The molecule has 102 valence electrons. The first-order valence-corrected chi connectivity index (χ1v) is 6.34. The second-order valence-corrected chi connectivity index (χ2v) is 4.39. The lowest BCUT2D eigenvalue weighted by Crippen LogP contribution is -2.11. The maximum atomic E-state index is 11.6. The quantitative estimate of drug-likeness (QED) is 0.773. The van der Waals surface area contributed by atoms with Crippen LogP contribution in [0, 0.1) is 6.92 Å². The summed E-state index contributed by atoms with van der Waals surface area (Å²) in [6, 6.07) is 5.41. The maximum Gasteiger partial charge on any atom is 0.328 e. The van der Waals surface area contributed by atoms with Gasteiger partial charge in [0.25, 0.3) is 0 Å². The minimum Gasteiger partial charge on any atom is -0.478 e. The van der Waals surface area contributed by atoms with Crippen molar-refractivity contribution in [3.05, 3.63) is 35.4 Å². The Morgan fingerprint density at radius 2 is 2.11 bits per heavy atom. The highest BCUT2D eigenvalue weighted by Gasteiger charge is 2.03. The van der Waals surface area contributed by atoms with Gasteiger partial charge in [-0.2, -0.15) is 0 Å². The SMILES string of the molecule is CCCCC(=O)Nc1ccc(C=CC(=O)O)c(C)c1. The molecule has 0 aliphatic carbocycles. The number of benzene rings is 1. The molecule has 0 atom stereocenters. The maximum absolute atomic E-state index is 11.6. The number of carbonyl (C=O) groups excluding carboxylic acids is 1. The number of unbranched alkanes of at least 4 members (excludes halogenated alkanes) is 1. The van der Waals surface area contributed by atoms with E-state index in [0.29, 0.717) is 6.42 Å². The normalized spacial score (nSPS) is 10.6. The Morgan fingerprint density at radius 3 is 2.68 bits per heavy atom. The van der Waals surface area contributed by atoms with E-state index >= 15 is 0 Å². The van der Waals surface area contributed by atoms with Crippen LogP contribution in [-0.4, -0.2) is 17.0 Å². The average molecular weight is 261 g/mol. The van der Waals surface area contributed by atoms with Crippen molar-refractivity contribution >= 4 is 23.6 Å². The van der Waals surface area contributed by atoms with Crippen LogP contribution >= 0.6 is 0 Å². The molecule has 0 unspecified atom stereocenters. The van der Waals surface area contributed by atoms with Crippen molar-refractivity contribution in [3.63, 3.8) is 0 Å². The Kier molecular flexibility index (Phi) is 5.79. The molecule has 0 aliphatic heterocycles. The van der Waals surface area contributed by atoms with Crippen LogP contribution < -0.4 is 5.32 Å². The number of anilines is 1. The van der Waals surface area contributed by atoms with E-state index in [0.717, 1.165) is 35.7 Å². The van der Waals surface area contributed by atoms with Crippen molar-refractivity contribution in [2.24, 2.45) is 0 Å². The largest absolute Gasteiger partial charge is 0.478 e. The van der Waals surface area contributed by atoms with E-state index < -0.39 is 5.97 Å². The summed E-state index contributed by atoms with van der Waals surface area (Å²) in [6.07, 6.45) is 5.04. The predicted molar refractivity (Wildman–Crippen MR) is 76.0 cm³/mol. The summed E-state index contributed by atoms with van der Waals surface area (Å²) in [5, 5.41) is 11.4. The molecule has 0 saturated heterocycles. The lowest BCUT2D eigenvalue weighted by atomic mass is 10.1. The minimum absolute atomic E-state index is 0.00933. The molecule has 2 N–H and O–H groups in total. The summed E-state index contributed by atoms with van der Waals surface area (Å²) in [5.74, 6) is -0.966. The van der Waals surface area contributed by atoms with Crippen LogP contribution in [0.2, 0.25) is 0 Å². The molecule has 0 radical (unpaired) electrons. The third-order valence-corrected chi connectivity index (χ3v) is 2.72. The molecule has 1 aromatic carbocycles. The lowest BCUT2D eigenvalue weighted by Gasteiger charge is -2.07. The summed E-state index contributed by atoms with van der Waals surface area (Å²) in [4.78, 5) is 22.0. The first-order valence-electron chi connectivity index (χ1n) is 6.34. The van der Waals surface area contributed by atoms with E-state index in [2.05, 4.69) is 5.32 Å². The van der Waals surface area contributed by atoms with Crippen molar-refractivity contribution < 1.29 is 14.7 Å². The van der Waals surface area contributed by atoms with Crippen molar-refractivity contribution in [2.75, 3.05) is 5.32 Å². The van der Waals surface area contributed by atoms with Gasteiger partial charge in [0.1, 0.15) is 0 Å². The Balaban J connectivity index is 2.71. The molecule has 0 spiro atoms. The second kappa shape index (κ2) is 7.36. The standard InChI is InChI=1S/C15H19NO3/c1-3-4-5-14(17)16-13-8-6-12(11(2)10-13)7-9-15(18)19/h6-10H,3-5H2,1-2H3,(H,16,17)(H,18,19). The fourth-order valence-electron chi connectivity index (χ4n) is 1.66. The fourth-order valence-corrected chi connectivity index (χ4v) is 1.66. The third-order valence-electron chi connectivity index (χ3n) is 2.72. The smallest absolute Gasteiger partial charge is 0.328 e. The van der Waals surface area contributed by atoms with E-state index in [1.807, 2.05) is 19.9 Å². The lowest BCUT2D eigenvalue weighted by molar-refractivity contribution is -0.131. The van der Waals surface area contributed by atoms with Crippen LogP contribution in [0.3, 0.4) is 0 Å². The van der Waals surface area contributed by atoms with E-state index in [1.54, 1.807) is 18.2 Å². The van der Waals surface area contributed by atoms with Crippen LogP contribution in [0.25, 0.3) is 6.08 Å². The van der Waals surface area contributed by atoms with Gasteiger partial charge in [0.15, 0.2) is 0 Å². The number of hydrogen-bond donors (Lipinski definition) is 2. The topological polar surface area (TPSA) is 66.4 Å². The van der Waals surface area contributed by atoms with Gasteiger partial charge in [0.2, 0.25) is 5.91 Å². The second-order valence-electron chi connectivity index (χ2n) is 4.39. The molecule has 1 rings (SSSR count). The highest BCUT2D eigenvalue weighted by Crippen LogP contribution is 2.17. The monoisotopic (exact) mass is 261 g/mol. The van der Waals surface area contributed by atoms with Gasteiger partial charge in [-0.25, -0.2) is 4.79 Å². The van der Waals surface area contributed by atoms with Crippen molar-refractivity contribution in [1.29, 1.82) is 0 Å². The summed E-state index contributed by atoms with van der Waals surface area (Å²) >= 11 is 0. The number of hydrogen-bond acceptors (Lipinski definition) is 2. The number of nitrogens with one attached hydrogen (secondary N) is 1. The van der Waals surface area contributed by atoms with Gasteiger partial charge in [0, 0.05) is 18.2 Å². The number of amides is 1. The van der Waals surface area contributed by atoms with Gasteiger partial charge < -0.3 is 10.4 Å². The van der Waals surface area contributed by atoms with E-state index in [4.69, 9.17) is 5.11 Å². The molecule has 1 aromatic rings. The first kappa shape index (κ1) is 15.0. The molecular formula is C15H19NO3. The molecule has 19 heavy (non-hydrogen) atoms. The number of rotatable bonds is 6. The van der Waals surface area contributed by atoms with Crippen LogP contribution in [0.5, 0.6) is 0 Å². The van der Waals surface area contributed by atoms with Crippen molar-refractivity contribution in [2.45, 2.75) is 33.1 Å². The number of carboxylic acids is 1. The highest BCUT2D eigenvalue weighted by molar-refractivity contribution is 5.91. The van der Waals surface area contributed by atoms with Crippen molar-refractivity contribution in [1.82, 2.24) is 0 Å². The number of aryl methyl sites for hydroxylation is 1. The summed E-state index contributed by atoms with van der Waals surface area (Å²) in [7, 11) is 0. The highest BCUT2D eigenvalue weighted by atomic mass is 16.4. The van der Waals surface area contributed by atoms with Gasteiger partial charge in [-0.05, 0) is 42.7 Å². The molecule has 0 aliphatic rings. The van der Waals surface area contributed by atoms with E-state index in [9.17, 15) is 9.59 Å². The average Bonchev–Trinajstić information content (AvgIpc) is 2.35. The van der Waals surface area contributed by atoms with Crippen LogP contribution in [-0.2, 0) is 9.59 Å². The van der Waals surface area contributed by atoms with E-state index in [-0.39, 0.29) is 5.91 Å². The Hall–Kier alpha value is -2.10. The van der Waals surface area contributed by atoms with Gasteiger partial charge in [-0.15, -0.1) is 0 Å². The number of carbonyl (C=O) groups is 2. The fraction of sp³-hybridized carbons (Fsp3) is 0.333. The number of aliphatic carboxylic acids is 1. The van der Waals surface area contributed by atoms with Gasteiger partial charge in [0.05, 0.1) is 0 Å². The summed E-state index contributed by atoms with van der Waals surface area (Å²) in [6.45, 7) is 3.92. The molecule has 1 amide bonds. The molecule has 0 bridgehead atoms. The van der Waals surface area contributed by atoms with Crippen LogP contribution in [0.15, 0.2) is 24.3 Å². The Labute approximate surface area is 113 Å². The Bertz CT molecular complexity index is 492. The van der Waals surface area contributed by atoms with Gasteiger partial charge >= 0.3 is 5.97 Å². The molecule has 4 heteroatoms. The van der Waals surface area contributed by atoms with Gasteiger partial charge in [-0.1, -0.05) is 19.4 Å². The van der Waals surface area contributed by atoms with Gasteiger partial charge in [-0.3, -0.25) is 4.79 Å². The molecule has 0 aromatic heterocycles. The molecule has 4 nitrogen and oxygen atoms in total. The zero-order valence-corrected chi connectivity index (χ0v) is 11.3. The predicted octanol–water partition coefficient (Wildman–Crippen LogP) is 3.22. The van der Waals surface area contributed by atoms with Crippen LogP contribution in [0.1, 0.15) is 37.3 Å². The summed E-state index contributed by atoms with van der Waals surface area (Å²) in [5.41, 5.74) is 2.49. The zero-order chi connectivity index (χ0) is 14.3. The van der Waals surface area contributed by atoms with Crippen molar-refractivity contribution in [3.8, 4) is 0 Å². The Morgan fingerprint density at radius 1 is 1.37 bits per heavy atom. The molecule has 0 fully saturated rings. The molecule has 0 saturated carbocycles. The minimum atomic E-state index is -0.976.